The van der Waals surface area contributed by atoms with Crippen molar-refractivity contribution in [1.82, 2.24) is 4.98 Å². The zero-order valence-electron chi connectivity index (χ0n) is 17.0. The second-order valence-corrected chi connectivity index (χ2v) is 7.39. The lowest BCUT2D eigenvalue weighted by atomic mass is 10.0. The van der Waals surface area contributed by atoms with Crippen LogP contribution in [0.15, 0.2) is 30.5 Å². The van der Waals surface area contributed by atoms with Crippen molar-refractivity contribution in [3.8, 4) is 11.8 Å². The number of carbonyl (C=O) groups is 1. The van der Waals surface area contributed by atoms with Gasteiger partial charge in [0.1, 0.15) is 5.82 Å². The summed E-state index contributed by atoms with van der Waals surface area (Å²) in [6.45, 7) is 6.08. The lowest BCUT2D eigenvalue weighted by molar-refractivity contribution is -0.0102. The fourth-order valence-corrected chi connectivity index (χ4v) is 3.55. The van der Waals surface area contributed by atoms with Crippen molar-refractivity contribution >= 4 is 17.4 Å². The topological polar surface area (TPSA) is 45.2 Å². The molecule has 29 heavy (non-hydrogen) atoms. The Labute approximate surface area is 170 Å². The summed E-state index contributed by atoms with van der Waals surface area (Å²) >= 11 is 0. The van der Waals surface area contributed by atoms with E-state index < -0.39 is 5.92 Å². The normalized spacial score (nSPS) is 15.8. The van der Waals surface area contributed by atoms with E-state index in [-0.39, 0.29) is 25.3 Å². The van der Waals surface area contributed by atoms with Gasteiger partial charge in [-0.25, -0.2) is 13.8 Å². The van der Waals surface area contributed by atoms with E-state index in [2.05, 4.69) is 22.1 Å². The first-order valence-electron chi connectivity index (χ1n) is 9.74. The summed E-state index contributed by atoms with van der Waals surface area (Å²) in [6, 6.07) is 7.51. The summed E-state index contributed by atoms with van der Waals surface area (Å²) in [4.78, 5) is 19.5. The first-order chi connectivity index (χ1) is 13.8. The van der Waals surface area contributed by atoms with Crippen LogP contribution in [0.25, 0.3) is 0 Å². The highest BCUT2D eigenvalue weighted by molar-refractivity contribution is 6.09. The summed E-state index contributed by atoms with van der Waals surface area (Å²) in [7, 11) is 0. The lowest BCUT2D eigenvalue weighted by Crippen LogP contribution is -2.30. The quantitative estimate of drug-likeness (QED) is 0.746. The number of rotatable bonds is 3. The zero-order valence-corrected chi connectivity index (χ0v) is 17.0. The molecule has 4 nitrogen and oxygen atoms in total. The highest BCUT2D eigenvalue weighted by atomic mass is 19.3. The molecule has 2 heterocycles. The maximum Gasteiger partial charge on any atom is 0.259 e. The van der Waals surface area contributed by atoms with E-state index in [4.69, 9.17) is 0 Å². The van der Waals surface area contributed by atoms with Gasteiger partial charge in [0.2, 0.25) is 5.92 Å². The molecular formula is C23H25F2N3O. The number of carbonyl (C=O) groups excluding carboxylic acids is 1. The maximum absolute atomic E-state index is 13.8. The third-order valence-electron chi connectivity index (χ3n) is 5.10. The van der Waals surface area contributed by atoms with Crippen molar-refractivity contribution in [2.24, 2.45) is 0 Å². The van der Waals surface area contributed by atoms with Crippen molar-refractivity contribution < 1.29 is 13.6 Å². The fraction of sp³-hybridized carbons (Fsp3) is 0.391. The number of hydrogen-bond donors (Lipinski definition) is 1. The maximum atomic E-state index is 13.8. The van der Waals surface area contributed by atoms with Gasteiger partial charge in [-0.2, -0.15) is 0 Å². The average Bonchev–Trinajstić information content (AvgIpc) is 2.84. The molecule has 0 saturated carbocycles. The van der Waals surface area contributed by atoms with E-state index in [1.165, 1.54) is 0 Å². The average molecular weight is 397 g/mol. The Balaban J connectivity index is 2.01. The van der Waals surface area contributed by atoms with Crippen LogP contribution in [0.4, 0.5) is 20.3 Å². The number of halogens is 2. The third-order valence-corrected chi connectivity index (χ3v) is 5.10. The monoisotopic (exact) mass is 397 g/mol. The SMILES string of the molecule is CC#Cc1cnc(N2CCCC(F)(F)CC2)c(C(=O)Nc2cccc(C)c2)c1C. The molecule has 0 atom stereocenters. The van der Waals surface area contributed by atoms with Gasteiger partial charge < -0.3 is 10.2 Å². The molecule has 6 heteroatoms. The predicted octanol–water partition coefficient (Wildman–Crippen LogP) is 4.95. The number of hydrogen-bond acceptors (Lipinski definition) is 3. The van der Waals surface area contributed by atoms with Crippen LogP contribution < -0.4 is 10.2 Å². The fourth-order valence-electron chi connectivity index (χ4n) is 3.55. The van der Waals surface area contributed by atoms with Crippen LogP contribution in [0.2, 0.25) is 0 Å². The number of aromatic nitrogens is 1. The number of anilines is 2. The number of benzene rings is 1. The molecule has 152 valence electrons. The number of amides is 1. The molecule has 2 aromatic rings. The van der Waals surface area contributed by atoms with Crippen LogP contribution in [-0.2, 0) is 0 Å². The number of nitrogens with one attached hydrogen (secondary N) is 1. The molecule has 0 unspecified atom stereocenters. The minimum atomic E-state index is -2.68. The molecule has 3 rings (SSSR count). The van der Waals surface area contributed by atoms with E-state index >= 15 is 0 Å². The van der Waals surface area contributed by atoms with Crippen LogP contribution in [0.3, 0.4) is 0 Å². The molecule has 0 bridgehead atoms. The molecule has 1 aliphatic rings. The molecule has 1 aromatic carbocycles. The molecule has 0 aliphatic carbocycles. The van der Waals surface area contributed by atoms with Crippen molar-refractivity contribution in [3.63, 3.8) is 0 Å². The minimum Gasteiger partial charge on any atom is -0.356 e. The van der Waals surface area contributed by atoms with Gasteiger partial charge in [0, 0.05) is 43.4 Å². The Morgan fingerprint density at radius 3 is 2.76 bits per heavy atom. The molecule has 0 spiro atoms. The highest BCUT2D eigenvalue weighted by Crippen LogP contribution is 2.32. The van der Waals surface area contributed by atoms with Gasteiger partial charge in [0.25, 0.3) is 5.91 Å². The molecule has 1 saturated heterocycles. The zero-order chi connectivity index (χ0) is 21.0. The second-order valence-electron chi connectivity index (χ2n) is 7.39. The van der Waals surface area contributed by atoms with Crippen molar-refractivity contribution in [3.05, 3.63) is 52.7 Å². The molecule has 1 N–H and O–H groups in total. The molecule has 1 amide bonds. The van der Waals surface area contributed by atoms with E-state index in [9.17, 15) is 13.6 Å². The second kappa shape index (κ2) is 8.60. The minimum absolute atomic E-state index is 0.146. The smallest absolute Gasteiger partial charge is 0.259 e. The summed E-state index contributed by atoms with van der Waals surface area (Å²) in [6.07, 6.45) is 1.58. The standard InChI is InChI=1S/C23H25F2N3O/c1-4-7-18-15-26-21(28-12-6-10-23(24,25)11-13-28)20(17(18)3)22(29)27-19-9-5-8-16(2)14-19/h5,8-9,14-15H,6,10-13H2,1-3H3,(H,27,29). The Bertz CT molecular complexity index is 976. The lowest BCUT2D eigenvalue weighted by Gasteiger charge is -2.25. The van der Waals surface area contributed by atoms with Crippen LogP contribution in [0.1, 0.15) is 53.2 Å². The number of pyridine rings is 1. The molecular weight excluding hydrogens is 372 g/mol. The van der Waals surface area contributed by atoms with Crippen molar-refractivity contribution in [2.75, 3.05) is 23.3 Å². The number of nitrogens with zero attached hydrogens (tertiary/aromatic N) is 2. The van der Waals surface area contributed by atoms with E-state index in [1.807, 2.05) is 38.1 Å². The Hall–Kier alpha value is -2.94. The van der Waals surface area contributed by atoms with Crippen molar-refractivity contribution in [2.45, 2.75) is 46.0 Å². The molecule has 1 aromatic heterocycles. The van der Waals surface area contributed by atoms with Gasteiger partial charge in [-0.05, 0) is 50.5 Å². The van der Waals surface area contributed by atoms with Gasteiger partial charge >= 0.3 is 0 Å². The predicted molar refractivity (Wildman–Crippen MR) is 112 cm³/mol. The third kappa shape index (κ3) is 4.92. The number of aryl methyl sites for hydroxylation is 1. The summed E-state index contributed by atoms with van der Waals surface area (Å²) < 4.78 is 27.7. The van der Waals surface area contributed by atoms with Crippen LogP contribution in [-0.4, -0.2) is 29.9 Å². The van der Waals surface area contributed by atoms with Gasteiger partial charge in [0.15, 0.2) is 0 Å². The van der Waals surface area contributed by atoms with Gasteiger partial charge in [-0.15, -0.1) is 5.92 Å². The van der Waals surface area contributed by atoms with E-state index in [0.29, 0.717) is 41.2 Å². The van der Waals surface area contributed by atoms with Crippen molar-refractivity contribution in [1.29, 1.82) is 0 Å². The summed E-state index contributed by atoms with van der Waals surface area (Å²) in [5.74, 6) is 3.25. The largest absolute Gasteiger partial charge is 0.356 e. The Morgan fingerprint density at radius 1 is 1.24 bits per heavy atom. The molecule has 1 fully saturated rings. The highest BCUT2D eigenvalue weighted by Gasteiger charge is 2.33. The first kappa shape index (κ1) is 20.8. The van der Waals surface area contributed by atoms with E-state index in [0.717, 1.165) is 5.56 Å². The van der Waals surface area contributed by atoms with Crippen LogP contribution in [0, 0.1) is 25.7 Å². The van der Waals surface area contributed by atoms with Gasteiger partial charge in [0.05, 0.1) is 5.56 Å². The van der Waals surface area contributed by atoms with Gasteiger partial charge in [-0.3, -0.25) is 4.79 Å². The van der Waals surface area contributed by atoms with Crippen LogP contribution >= 0.6 is 0 Å². The first-order valence-corrected chi connectivity index (χ1v) is 9.74. The van der Waals surface area contributed by atoms with Gasteiger partial charge in [-0.1, -0.05) is 18.1 Å². The summed E-state index contributed by atoms with van der Waals surface area (Å²) in [5, 5.41) is 2.92. The Kier molecular flexibility index (Phi) is 6.17. The molecule has 0 radical (unpaired) electrons. The van der Waals surface area contributed by atoms with Crippen LogP contribution in [0.5, 0.6) is 0 Å². The Morgan fingerprint density at radius 2 is 2.03 bits per heavy atom. The molecule has 1 aliphatic heterocycles. The summed E-state index contributed by atoms with van der Waals surface area (Å²) in [5.41, 5.74) is 3.45. The van der Waals surface area contributed by atoms with E-state index in [1.54, 1.807) is 18.0 Å². The number of alkyl halides is 2.